The molecule has 0 aliphatic heterocycles. The van der Waals surface area contributed by atoms with Gasteiger partial charge in [0.25, 0.3) is 0 Å². The molecule has 0 saturated carbocycles. The predicted molar refractivity (Wildman–Crippen MR) is 92.6 cm³/mol. The Morgan fingerprint density at radius 3 is 1.86 bits per heavy atom. The lowest BCUT2D eigenvalue weighted by Crippen LogP contribution is -2.55. The first-order chi connectivity index (χ1) is 9.46. The summed E-state index contributed by atoms with van der Waals surface area (Å²) < 4.78 is 11.4. The molecule has 0 saturated heterocycles. The van der Waals surface area contributed by atoms with Crippen molar-refractivity contribution in [3.05, 3.63) is 0 Å². The van der Waals surface area contributed by atoms with E-state index in [1.165, 1.54) is 0 Å². The van der Waals surface area contributed by atoms with Gasteiger partial charge in [0.05, 0.1) is 18.2 Å². The highest BCUT2D eigenvalue weighted by atomic mass is 28.4. The highest BCUT2D eigenvalue weighted by molar-refractivity contribution is 6.74. The number of carbonyl (C=O) groups is 1. The van der Waals surface area contributed by atoms with E-state index in [9.17, 15) is 9.90 Å². The number of amides is 1. The zero-order chi connectivity index (χ0) is 18.0. The van der Waals surface area contributed by atoms with E-state index in [-0.39, 0.29) is 11.6 Å². The van der Waals surface area contributed by atoms with E-state index >= 15 is 0 Å². The normalized spacial score (nSPS) is 15.4. The molecule has 0 aliphatic rings. The second-order valence-corrected chi connectivity index (χ2v) is 13.7. The Hall–Kier alpha value is -0.593. The summed E-state index contributed by atoms with van der Waals surface area (Å²) in [5.41, 5.74) is -1.67. The van der Waals surface area contributed by atoms with Crippen LogP contribution in [0.15, 0.2) is 0 Å². The second-order valence-electron chi connectivity index (χ2n) is 8.92. The summed E-state index contributed by atoms with van der Waals surface area (Å²) in [5.74, 6) is 0. The average molecular weight is 334 g/mol. The molecule has 0 aromatic carbocycles. The summed E-state index contributed by atoms with van der Waals surface area (Å²) >= 11 is 0. The Morgan fingerprint density at radius 2 is 1.55 bits per heavy atom. The molecule has 0 fully saturated rings. The van der Waals surface area contributed by atoms with Gasteiger partial charge in [0.2, 0.25) is 0 Å². The second kappa shape index (κ2) is 6.89. The molecule has 0 rings (SSSR count). The topological polar surface area (TPSA) is 67.8 Å². The minimum absolute atomic E-state index is 0.0725. The molecule has 0 aliphatic carbocycles. The number of aliphatic hydroxyl groups is 1. The molecule has 0 spiro atoms. The first kappa shape index (κ1) is 21.4. The van der Waals surface area contributed by atoms with Crippen LogP contribution < -0.4 is 5.32 Å². The molecule has 1 atom stereocenters. The summed E-state index contributed by atoms with van der Waals surface area (Å²) in [7, 11) is -1.95. The number of carbonyl (C=O) groups excluding carboxylic acids is 1. The summed E-state index contributed by atoms with van der Waals surface area (Å²) in [4.78, 5) is 11.9. The highest BCUT2D eigenvalue weighted by Crippen LogP contribution is 2.36. The van der Waals surface area contributed by atoms with Crippen LogP contribution in [-0.2, 0) is 9.16 Å². The predicted octanol–water partition coefficient (Wildman–Crippen LogP) is 3.67. The van der Waals surface area contributed by atoms with Gasteiger partial charge < -0.3 is 19.6 Å². The molecule has 0 heterocycles. The molecule has 2 N–H and O–H groups in total. The van der Waals surface area contributed by atoms with Crippen molar-refractivity contribution in [2.75, 3.05) is 6.61 Å². The highest BCUT2D eigenvalue weighted by Gasteiger charge is 2.39. The summed E-state index contributed by atoms with van der Waals surface area (Å²) in [6.07, 6.45) is -0.543. The van der Waals surface area contributed by atoms with Crippen LogP contribution in [-0.4, -0.2) is 43.4 Å². The van der Waals surface area contributed by atoms with Crippen molar-refractivity contribution < 1.29 is 19.1 Å². The van der Waals surface area contributed by atoms with Crippen molar-refractivity contribution in [2.24, 2.45) is 0 Å². The van der Waals surface area contributed by atoms with Crippen LogP contribution in [0.2, 0.25) is 18.1 Å². The van der Waals surface area contributed by atoms with Gasteiger partial charge in [0.1, 0.15) is 5.60 Å². The van der Waals surface area contributed by atoms with Gasteiger partial charge in [-0.3, -0.25) is 0 Å². The zero-order valence-corrected chi connectivity index (χ0v) is 17.0. The van der Waals surface area contributed by atoms with E-state index in [0.717, 1.165) is 0 Å². The van der Waals surface area contributed by atoms with Crippen LogP contribution in [0.1, 0.15) is 55.4 Å². The lowest BCUT2D eigenvalue weighted by atomic mass is 10.0. The number of ether oxygens (including phenoxy) is 1. The number of nitrogens with one attached hydrogen (secondary N) is 1. The molecule has 0 unspecified atom stereocenters. The Labute approximate surface area is 136 Å². The van der Waals surface area contributed by atoms with E-state index in [4.69, 9.17) is 9.16 Å². The minimum atomic E-state index is -1.95. The molecule has 1 amide bonds. The minimum Gasteiger partial charge on any atom is -0.444 e. The fraction of sp³-hybridized carbons (Fsp3) is 0.938. The van der Waals surface area contributed by atoms with E-state index in [2.05, 4.69) is 39.2 Å². The van der Waals surface area contributed by atoms with Gasteiger partial charge in [-0.1, -0.05) is 20.8 Å². The van der Waals surface area contributed by atoms with Crippen molar-refractivity contribution in [3.8, 4) is 0 Å². The Balaban J connectivity index is 4.87. The third kappa shape index (κ3) is 7.60. The van der Waals surface area contributed by atoms with Crippen LogP contribution >= 0.6 is 0 Å². The fourth-order valence-corrected chi connectivity index (χ4v) is 2.40. The van der Waals surface area contributed by atoms with Crippen LogP contribution in [0.25, 0.3) is 0 Å². The Morgan fingerprint density at radius 1 is 1.09 bits per heavy atom. The monoisotopic (exact) mass is 333 g/mol. The van der Waals surface area contributed by atoms with Gasteiger partial charge in [0.15, 0.2) is 8.32 Å². The van der Waals surface area contributed by atoms with Crippen molar-refractivity contribution in [1.29, 1.82) is 0 Å². The Bertz CT molecular complexity index is 375. The molecule has 5 nitrogen and oxygen atoms in total. The third-order valence-corrected chi connectivity index (χ3v) is 8.46. The largest absolute Gasteiger partial charge is 0.444 e. The van der Waals surface area contributed by atoms with E-state index in [0.29, 0.717) is 0 Å². The zero-order valence-electron chi connectivity index (χ0n) is 16.0. The average Bonchev–Trinajstić information content (AvgIpc) is 2.17. The number of hydrogen-bond donors (Lipinski definition) is 2. The SMILES string of the molecule is CC(C)(C)OC(=O)N[C@H](CO[Si](C)(C)C(C)(C)C)C(C)(C)O. The molecule has 0 aromatic rings. The standard InChI is InChI=1S/C16H35NO4Si/c1-14(2,3)21-13(18)17-12(16(7,8)19)11-20-22(9,10)15(4,5)6/h12,19H,11H2,1-10H3,(H,17,18)/t12-/m1/s1. The number of alkyl carbamates (subject to hydrolysis) is 1. The fourth-order valence-electron chi connectivity index (χ4n) is 1.38. The number of hydrogen-bond acceptors (Lipinski definition) is 4. The van der Waals surface area contributed by atoms with Crippen LogP contribution in [0.4, 0.5) is 4.79 Å². The lowest BCUT2D eigenvalue weighted by Gasteiger charge is -2.39. The maximum atomic E-state index is 11.9. The molecule has 6 heteroatoms. The number of rotatable bonds is 5. The summed E-state index contributed by atoms with van der Waals surface area (Å²) in [6, 6.07) is -0.531. The molecular weight excluding hydrogens is 298 g/mol. The summed E-state index contributed by atoms with van der Waals surface area (Å²) in [6.45, 7) is 19.7. The van der Waals surface area contributed by atoms with Gasteiger partial charge in [-0.15, -0.1) is 0 Å². The van der Waals surface area contributed by atoms with Gasteiger partial charge in [-0.25, -0.2) is 4.79 Å². The van der Waals surface area contributed by atoms with Crippen molar-refractivity contribution in [1.82, 2.24) is 5.32 Å². The van der Waals surface area contributed by atoms with E-state index in [1.54, 1.807) is 34.6 Å². The van der Waals surface area contributed by atoms with Gasteiger partial charge in [0, 0.05) is 0 Å². The smallest absolute Gasteiger partial charge is 0.408 e. The molecular formula is C16H35NO4Si. The first-order valence-electron chi connectivity index (χ1n) is 7.81. The first-order valence-corrected chi connectivity index (χ1v) is 10.7. The molecule has 0 radical (unpaired) electrons. The quantitative estimate of drug-likeness (QED) is 0.753. The lowest BCUT2D eigenvalue weighted by molar-refractivity contribution is 0.00292. The van der Waals surface area contributed by atoms with Crippen molar-refractivity contribution in [3.63, 3.8) is 0 Å². The molecule has 0 aromatic heterocycles. The third-order valence-electron chi connectivity index (χ3n) is 3.96. The molecule has 0 bridgehead atoms. The van der Waals surface area contributed by atoms with Crippen LogP contribution in [0, 0.1) is 0 Å². The van der Waals surface area contributed by atoms with E-state index < -0.39 is 31.7 Å². The maximum absolute atomic E-state index is 11.9. The van der Waals surface area contributed by atoms with Crippen LogP contribution in [0.3, 0.4) is 0 Å². The van der Waals surface area contributed by atoms with Crippen molar-refractivity contribution >= 4 is 14.4 Å². The molecule has 132 valence electrons. The summed E-state index contributed by atoms with van der Waals surface area (Å²) in [5, 5.41) is 13.1. The van der Waals surface area contributed by atoms with Gasteiger partial charge in [-0.2, -0.15) is 0 Å². The van der Waals surface area contributed by atoms with Gasteiger partial charge >= 0.3 is 6.09 Å². The molecule has 22 heavy (non-hydrogen) atoms. The van der Waals surface area contributed by atoms with Crippen LogP contribution in [0.5, 0.6) is 0 Å². The van der Waals surface area contributed by atoms with E-state index in [1.807, 2.05) is 0 Å². The Kier molecular flexibility index (Phi) is 6.70. The van der Waals surface area contributed by atoms with Gasteiger partial charge in [-0.05, 0) is 52.8 Å². The maximum Gasteiger partial charge on any atom is 0.408 e. The van der Waals surface area contributed by atoms with Crippen molar-refractivity contribution in [2.45, 2.75) is 90.8 Å².